The van der Waals surface area contributed by atoms with Crippen LogP contribution in [0.15, 0.2) is 29.3 Å². The molecule has 0 fully saturated rings. The summed E-state index contributed by atoms with van der Waals surface area (Å²) in [6, 6.07) is 7.88. The van der Waals surface area contributed by atoms with Crippen LogP contribution in [-0.4, -0.2) is 32.8 Å². The van der Waals surface area contributed by atoms with Crippen LogP contribution in [-0.2, 0) is 11.3 Å². The third kappa shape index (κ3) is 5.58. The summed E-state index contributed by atoms with van der Waals surface area (Å²) in [5.41, 5.74) is 3.62. The van der Waals surface area contributed by atoms with Gasteiger partial charge in [0.05, 0.1) is 20.3 Å². The lowest BCUT2D eigenvalue weighted by Crippen LogP contribution is -2.46. The summed E-state index contributed by atoms with van der Waals surface area (Å²) in [4.78, 5) is 4.36. The number of nitrogens with two attached hydrogens (primary N) is 1. The van der Waals surface area contributed by atoms with Crippen LogP contribution in [0.4, 0.5) is 0 Å². The van der Waals surface area contributed by atoms with Gasteiger partial charge in [0.2, 0.25) is 5.96 Å². The van der Waals surface area contributed by atoms with Crippen molar-refractivity contribution < 1.29 is 9.47 Å². The van der Waals surface area contributed by atoms with Crippen LogP contribution in [0.3, 0.4) is 0 Å². The molecule has 1 unspecified atom stereocenters. The molecule has 0 saturated heterocycles. The number of nitrogens with one attached hydrogen (secondary N) is 2. The van der Waals surface area contributed by atoms with E-state index in [9.17, 15) is 0 Å². The van der Waals surface area contributed by atoms with E-state index in [0.29, 0.717) is 19.1 Å². The highest BCUT2D eigenvalue weighted by Crippen LogP contribution is 2.11. The molecule has 6 nitrogen and oxygen atoms in total. The molecule has 0 aliphatic heterocycles. The van der Waals surface area contributed by atoms with Crippen molar-refractivity contribution in [1.29, 1.82) is 0 Å². The second kappa shape index (κ2) is 8.34. The number of hydrogen-bond donors (Lipinski definition) is 3. The van der Waals surface area contributed by atoms with Gasteiger partial charge in [0.15, 0.2) is 0 Å². The normalized spacial score (nSPS) is 12.9. The van der Waals surface area contributed by atoms with Crippen LogP contribution in [0.1, 0.15) is 12.5 Å². The molecule has 1 atom stereocenters. The van der Waals surface area contributed by atoms with Gasteiger partial charge in [-0.2, -0.15) is 0 Å². The first-order valence-electron chi connectivity index (χ1n) is 6.09. The lowest BCUT2D eigenvalue weighted by molar-refractivity contribution is 0.179. The van der Waals surface area contributed by atoms with E-state index in [4.69, 9.17) is 15.3 Å². The molecular weight excluding hydrogens is 244 g/mol. The summed E-state index contributed by atoms with van der Waals surface area (Å²) in [7, 11) is 3.30. The molecule has 0 amide bonds. The van der Waals surface area contributed by atoms with Gasteiger partial charge in [-0.25, -0.2) is 10.8 Å². The second-order valence-corrected chi connectivity index (χ2v) is 4.16. The molecule has 0 aliphatic rings. The molecule has 0 saturated carbocycles. The minimum absolute atomic E-state index is 0.135. The Kier molecular flexibility index (Phi) is 6.70. The van der Waals surface area contributed by atoms with Gasteiger partial charge in [-0.05, 0) is 24.6 Å². The van der Waals surface area contributed by atoms with Crippen molar-refractivity contribution in [3.8, 4) is 5.75 Å². The lowest BCUT2D eigenvalue weighted by atomic mass is 10.2. The van der Waals surface area contributed by atoms with E-state index >= 15 is 0 Å². The maximum Gasteiger partial charge on any atom is 0.206 e. The highest BCUT2D eigenvalue weighted by molar-refractivity contribution is 5.79. The van der Waals surface area contributed by atoms with Gasteiger partial charge in [-0.1, -0.05) is 12.1 Å². The Morgan fingerprint density at radius 2 is 2.00 bits per heavy atom. The van der Waals surface area contributed by atoms with Crippen molar-refractivity contribution in [2.75, 3.05) is 20.8 Å². The second-order valence-electron chi connectivity index (χ2n) is 4.16. The standard InChI is InChI=1S/C13H22N4O2/c1-10(9-18-2)16-13(17-14)15-8-11-4-6-12(19-3)7-5-11/h4-7,10H,8-9,14H2,1-3H3,(H2,15,16,17). The average molecular weight is 266 g/mol. The van der Waals surface area contributed by atoms with Gasteiger partial charge < -0.3 is 14.8 Å². The smallest absolute Gasteiger partial charge is 0.206 e. The van der Waals surface area contributed by atoms with E-state index in [1.165, 1.54) is 0 Å². The van der Waals surface area contributed by atoms with Crippen molar-refractivity contribution in [3.05, 3.63) is 29.8 Å². The molecule has 1 aromatic rings. The quantitative estimate of drug-likeness (QED) is 0.305. The summed E-state index contributed by atoms with van der Waals surface area (Å²) < 4.78 is 10.1. The first-order valence-corrected chi connectivity index (χ1v) is 6.09. The Hall–Kier alpha value is -1.79. The number of benzene rings is 1. The molecule has 0 bridgehead atoms. The Morgan fingerprint density at radius 3 is 2.53 bits per heavy atom. The minimum atomic E-state index is 0.135. The molecule has 1 aromatic carbocycles. The summed E-state index contributed by atoms with van der Waals surface area (Å²) in [6.07, 6.45) is 0. The molecule has 0 aromatic heterocycles. The van der Waals surface area contributed by atoms with E-state index in [1.807, 2.05) is 31.2 Å². The molecule has 4 N–H and O–H groups in total. The summed E-state index contributed by atoms with van der Waals surface area (Å²) in [5, 5.41) is 3.12. The van der Waals surface area contributed by atoms with Crippen molar-refractivity contribution in [2.24, 2.45) is 10.8 Å². The third-order valence-electron chi connectivity index (χ3n) is 2.52. The summed E-state index contributed by atoms with van der Waals surface area (Å²) >= 11 is 0. The number of ether oxygens (including phenoxy) is 2. The fourth-order valence-electron chi connectivity index (χ4n) is 1.56. The molecule has 0 radical (unpaired) electrons. The zero-order valence-corrected chi connectivity index (χ0v) is 11.6. The van der Waals surface area contributed by atoms with Gasteiger partial charge in [-0.15, -0.1) is 0 Å². The number of aliphatic imine (C=N–C) groups is 1. The van der Waals surface area contributed by atoms with Crippen molar-refractivity contribution in [1.82, 2.24) is 10.7 Å². The number of hydrogen-bond acceptors (Lipinski definition) is 4. The lowest BCUT2D eigenvalue weighted by Gasteiger charge is -2.15. The monoisotopic (exact) mass is 266 g/mol. The van der Waals surface area contributed by atoms with Crippen molar-refractivity contribution in [3.63, 3.8) is 0 Å². The Morgan fingerprint density at radius 1 is 1.32 bits per heavy atom. The summed E-state index contributed by atoms with van der Waals surface area (Å²) in [6.45, 7) is 3.11. The molecule has 0 aliphatic carbocycles. The molecule has 6 heteroatoms. The maximum atomic E-state index is 5.42. The third-order valence-corrected chi connectivity index (χ3v) is 2.52. The van der Waals surface area contributed by atoms with Gasteiger partial charge in [0, 0.05) is 13.2 Å². The van der Waals surface area contributed by atoms with E-state index in [1.54, 1.807) is 14.2 Å². The van der Waals surface area contributed by atoms with Gasteiger partial charge in [0.25, 0.3) is 0 Å². The van der Waals surface area contributed by atoms with E-state index in [-0.39, 0.29) is 6.04 Å². The number of nitrogens with zero attached hydrogens (tertiary/aromatic N) is 1. The number of methoxy groups -OCH3 is 2. The van der Waals surface area contributed by atoms with Crippen LogP contribution >= 0.6 is 0 Å². The zero-order chi connectivity index (χ0) is 14.1. The molecule has 0 spiro atoms. The molecule has 19 heavy (non-hydrogen) atoms. The van der Waals surface area contributed by atoms with E-state index in [2.05, 4.69) is 15.7 Å². The molecule has 106 valence electrons. The predicted molar refractivity (Wildman–Crippen MR) is 75.9 cm³/mol. The van der Waals surface area contributed by atoms with Crippen LogP contribution in [0.2, 0.25) is 0 Å². The van der Waals surface area contributed by atoms with E-state index in [0.717, 1.165) is 11.3 Å². The Balaban J connectivity index is 2.55. The SMILES string of the molecule is COCC(C)NC(=NCc1ccc(OC)cc1)NN. The van der Waals surface area contributed by atoms with E-state index < -0.39 is 0 Å². The number of hydrazine groups is 1. The van der Waals surface area contributed by atoms with Crippen LogP contribution in [0.25, 0.3) is 0 Å². The first-order chi connectivity index (χ1) is 9.19. The molecule has 1 rings (SSSR count). The highest BCUT2D eigenvalue weighted by Gasteiger charge is 2.03. The molecule has 0 heterocycles. The topological polar surface area (TPSA) is 80.9 Å². The number of rotatable bonds is 6. The van der Waals surface area contributed by atoms with Crippen molar-refractivity contribution >= 4 is 5.96 Å². The maximum absolute atomic E-state index is 5.42. The Bertz CT molecular complexity index is 392. The van der Waals surface area contributed by atoms with Crippen LogP contribution < -0.4 is 21.3 Å². The average Bonchev–Trinajstić information content (AvgIpc) is 2.44. The fraction of sp³-hybridized carbons (Fsp3) is 0.462. The first kappa shape index (κ1) is 15.3. The highest BCUT2D eigenvalue weighted by atomic mass is 16.5. The summed E-state index contributed by atoms with van der Waals surface area (Å²) in [5.74, 6) is 6.80. The van der Waals surface area contributed by atoms with Crippen LogP contribution in [0.5, 0.6) is 5.75 Å². The number of guanidine groups is 1. The van der Waals surface area contributed by atoms with Crippen LogP contribution in [0, 0.1) is 0 Å². The molecular formula is C13H22N4O2. The largest absolute Gasteiger partial charge is 0.497 e. The predicted octanol–water partition coefficient (Wildman–Crippen LogP) is 0.639. The van der Waals surface area contributed by atoms with Gasteiger partial charge in [0.1, 0.15) is 5.75 Å². The zero-order valence-electron chi connectivity index (χ0n) is 11.6. The van der Waals surface area contributed by atoms with Crippen molar-refractivity contribution in [2.45, 2.75) is 19.5 Å². The van der Waals surface area contributed by atoms with Gasteiger partial charge >= 0.3 is 0 Å². The minimum Gasteiger partial charge on any atom is -0.497 e. The Labute approximate surface area is 114 Å². The fourth-order valence-corrected chi connectivity index (χ4v) is 1.56. The van der Waals surface area contributed by atoms with Gasteiger partial charge in [-0.3, -0.25) is 5.43 Å².